The van der Waals surface area contributed by atoms with Gasteiger partial charge in [-0.25, -0.2) is 9.18 Å². The van der Waals surface area contributed by atoms with E-state index in [1.165, 1.54) is 6.07 Å². The van der Waals surface area contributed by atoms with E-state index < -0.39 is 24.3 Å². The molecule has 3 N–H and O–H groups in total. The van der Waals surface area contributed by atoms with Gasteiger partial charge >= 0.3 is 5.97 Å². The van der Waals surface area contributed by atoms with E-state index in [4.69, 9.17) is 10.5 Å². The minimum absolute atomic E-state index is 0.0228. The van der Waals surface area contributed by atoms with E-state index in [2.05, 4.69) is 5.32 Å². The Hall–Kier alpha value is -2.89. The summed E-state index contributed by atoms with van der Waals surface area (Å²) in [6.45, 7) is 7.73. The highest BCUT2D eigenvalue weighted by atomic mass is 19.1. The minimum Gasteiger partial charge on any atom is -0.452 e. The molecule has 0 saturated heterocycles. The maximum absolute atomic E-state index is 13.1. The number of rotatable bonds is 6. The van der Waals surface area contributed by atoms with E-state index in [1.807, 2.05) is 45.9 Å². The first kappa shape index (κ1) is 20.4. The molecule has 0 unspecified atom stereocenters. The zero-order valence-corrected chi connectivity index (χ0v) is 16.0. The number of carbonyl (C=O) groups is 2. The van der Waals surface area contributed by atoms with Gasteiger partial charge in [-0.05, 0) is 41.2 Å². The average Bonchev–Trinajstić information content (AvgIpc) is 2.59. The molecule has 0 heterocycles. The number of nitrogens with one attached hydrogen (secondary N) is 1. The van der Waals surface area contributed by atoms with Gasteiger partial charge in [-0.15, -0.1) is 0 Å². The number of nitrogen functional groups attached to an aromatic ring is 1. The second-order valence-electron chi connectivity index (χ2n) is 6.98. The van der Waals surface area contributed by atoms with Gasteiger partial charge in [0.05, 0.1) is 5.56 Å². The third-order valence-corrected chi connectivity index (χ3v) is 4.21. The van der Waals surface area contributed by atoms with Crippen molar-refractivity contribution < 1.29 is 18.7 Å². The maximum atomic E-state index is 13.1. The molecule has 0 spiro atoms. The molecule has 0 aliphatic carbocycles. The van der Waals surface area contributed by atoms with Crippen molar-refractivity contribution in [3.63, 3.8) is 0 Å². The van der Waals surface area contributed by atoms with Crippen molar-refractivity contribution in [1.29, 1.82) is 0 Å². The van der Waals surface area contributed by atoms with Gasteiger partial charge in [0, 0.05) is 11.4 Å². The van der Waals surface area contributed by atoms with Crippen LogP contribution in [0.15, 0.2) is 36.4 Å². The van der Waals surface area contributed by atoms with Gasteiger partial charge in [0.1, 0.15) is 5.82 Å². The summed E-state index contributed by atoms with van der Waals surface area (Å²) in [6, 6.07) is 9.29. The molecular formula is C21H25FN2O3. The van der Waals surface area contributed by atoms with E-state index >= 15 is 0 Å². The lowest BCUT2D eigenvalue weighted by molar-refractivity contribution is -0.119. The number of benzene rings is 2. The van der Waals surface area contributed by atoms with E-state index in [1.54, 1.807) is 0 Å². The van der Waals surface area contributed by atoms with Gasteiger partial charge in [-0.2, -0.15) is 0 Å². The third kappa shape index (κ3) is 5.06. The Bertz CT molecular complexity index is 821. The molecule has 0 radical (unpaired) electrons. The number of ether oxygens (including phenoxy) is 1. The number of para-hydroxylation sites is 1. The molecule has 1 amide bonds. The number of esters is 1. The molecule has 0 bridgehead atoms. The summed E-state index contributed by atoms with van der Waals surface area (Å²) >= 11 is 0. The van der Waals surface area contributed by atoms with Crippen molar-refractivity contribution in [3.05, 3.63) is 58.9 Å². The lowest BCUT2D eigenvalue weighted by Gasteiger charge is -2.20. The molecule has 2 aromatic rings. The molecule has 27 heavy (non-hydrogen) atoms. The summed E-state index contributed by atoms with van der Waals surface area (Å²) in [5, 5.41) is 2.86. The van der Waals surface area contributed by atoms with Crippen LogP contribution in [-0.2, 0) is 9.53 Å². The van der Waals surface area contributed by atoms with Gasteiger partial charge in [0.2, 0.25) is 0 Å². The molecule has 2 aromatic carbocycles. The van der Waals surface area contributed by atoms with Crippen LogP contribution in [0.2, 0.25) is 0 Å². The van der Waals surface area contributed by atoms with Crippen molar-refractivity contribution in [2.75, 3.05) is 17.7 Å². The van der Waals surface area contributed by atoms with Crippen molar-refractivity contribution >= 4 is 23.3 Å². The van der Waals surface area contributed by atoms with E-state index in [-0.39, 0.29) is 23.1 Å². The normalized spacial score (nSPS) is 10.9. The third-order valence-electron chi connectivity index (χ3n) is 4.21. The van der Waals surface area contributed by atoms with Crippen LogP contribution in [0.4, 0.5) is 15.8 Å². The Morgan fingerprint density at radius 3 is 2.19 bits per heavy atom. The summed E-state index contributed by atoms with van der Waals surface area (Å²) in [6.07, 6.45) is 0. The van der Waals surface area contributed by atoms with Crippen LogP contribution >= 0.6 is 0 Å². The second kappa shape index (κ2) is 8.66. The van der Waals surface area contributed by atoms with Crippen molar-refractivity contribution in [3.8, 4) is 0 Å². The fraction of sp³-hybridized carbons (Fsp3) is 0.333. The van der Waals surface area contributed by atoms with Crippen LogP contribution in [0.1, 0.15) is 61.0 Å². The highest BCUT2D eigenvalue weighted by molar-refractivity contribution is 5.98. The monoisotopic (exact) mass is 372 g/mol. The summed E-state index contributed by atoms with van der Waals surface area (Å²) in [5.41, 5.74) is 8.39. The van der Waals surface area contributed by atoms with Crippen LogP contribution in [-0.4, -0.2) is 18.5 Å². The lowest BCUT2D eigenvalue weighted by Crippen LogP contribution is -2.23. The molecule has 144 valence electrons. The van der Waals surface area contributed by atoms with Crippen molar-refractivity contribution in [1.82, 2.24) is 0 Å². The fourth-order valence-electron chi connectivity index (χ4n) is 2.80. The van der Waals surface area contributed by atoms with Crippen LogP contribution in [0.25, 0.3) is 0 Å². The topological polar surface area (TPSA) is 81.4 Å². The number of nitrogens with two attached hydrogens (primary N) is 1. The summed E-state index contributed by atoms with van der Waals surface area (Å²) < 4.78 is 18.1. The Labute approximate surface area is 158 Å². The molecule has 0 fully saturated rings. The largest absolute Gasteiger partial charge is 0.452 e. The number of hydrogen-bond donors (Lipinski definition) is 2. The predicted molar refractivity (Wildman–Crippen MR) is 104 cm³/mol. The number of hydrogen-bond acceptors (Lipinski definition) is 4. The quantitative estimate of drug-likeness (QED) is 0.580. The minimum atomic E-state index is -0.774. The molecule has 0 aromatic heterocycles. The Kier molecular flexibility index (Phi) is 6.55. The summed E-state index contributed by atoms with van der Waals surface area (Å²) in [5.74, 6) is -1.32. The molecule has 0 saturated carbocycles. The van der Waals surface area contributed by atoms with E-state index in [0.29, 0.717) is 0 Å². The standard InChI is InChI=1S/C21H25FN2O3/c1-12(2)15-6-5-7-16(13(3)4)20(15)24-19(25)11-27-21(26)17-9-8-14(22)10-18(17)23/h5-10,12-13H,11,23H2,1-4H3,(H,24,25). The van der Waals surface area contributed by atoms with Crippen molar-refractivity contribution in [2.24, 2.45) is 0 Å². The molecular weight excluding hydrogens is 347 g/mol. The van der Waals surface area contributed by atoms with Gasteiger partial charge in [0.15, 0.2) is 6.61 Å². The van der Waals surface area contributed by atoms with Crippen LogP contribution < -0.4 is 11.1 Å². The van der Waals surface area contributed by atoms with Gasteiger partial charge < -0.3 is 15.8 Å². The van der Waals surface area contributed by atoms with Crippen LogP contribution in [0.5, 0.6) is 0 Å². The van der Waals surface area contributed by atoms with Gasteiger partial charge in [-0.3, -0.25) is 4.79 Å². The lowest BCUT2D eigenvalue weighted by atomic mass is 9.92. The summed E-state index contributed by atoms with van der Waals surface area (Å²) in [7, 11) is 0. The smallest absolute Gasteiger partial charge is 0.340 e. The zero-order valence-electron chi connectivity index (χ0n) is 16.0. The maximum Gasteiger partial charge on any atom is 0.340 e. The molecule has 0 atom stereocenters. The van der Waals surface area contributed by atoms with Crippen LogP contribution in [0, 0.1) is 5.82 Å². The molecule has 0 aliphatic heterocycles. The first-order chi connectivity index (χ1) is 12.7. The molecule has 6 heteroatoms. The van der Waals surface area contributed by atoms with Crippen molar-refractivity contribution in [2.45, 2.75) is 39.5 Å². The van der Waals surface area contributed by atoms with E-state index in [0.717, 1.165) is 28.9 Å². The van der Waals surface area contributed by atoms with Crippen LogP contribution in [0.3, 0.4) is 0 Å². The molecule has 0 aliphatic rings. The highest BCUT2D eigenvalue weighted by Gasteiger charge is 2.18. The highest BCUT2D eigenvalue weighted by Crippen LogP contribution is 2.32. The average molecular weight is 372 g/mol. The predicted octanol–water partition coefficient (Wildman–Crippen LogP) is 4.45. The zero-order chi connectivity index (χ0) is 20.1. The Morgan fingerprint density at radius 1 is 1.07 bits per heavy atom. The number of amides is 1. The number of anilines is 2. The van der Waals surface area contributed by atoms with Gasteiger partial charge in [0.25, 0.3) is 5.91 Å². The first-order valence-corrected chi connectivity index (χ1v) is 8.85. The second-order valence-corrected chi connectivity index (χ2v) is 6.98. The number of carbonyl (C=O) groups excluding carboxylic acids is 2. The Balaban J connectivity index is 2.11. The molecule has 2 rings (SSSR count). The fourth-order valence-corrected chi connectivity index (χ4v) is 2.80. The van der Waals surface area contributed by atoms with E-state index in [9.17, 15) is 14.0 Å². The molecule has 5 nitrogen and oxygen atoms in total. The first-order valence-electron chi connectivity index (χ1n) is 8.85. The number of halogens is 1. The SMILES string of the molecule is CC(C)c1cccc(C(C)C)c1NC(=O)COC(=O)c1ccc(F)cc1N. The van der Waals surface area contributed by atoms with Gasteiger partial charge in [-0.1, -0.05) is 45.9 Å². The Morgan fingerprint density at radius 2 is 1.67 bits per heavy atom. The summed E-state index contributed by atoms with van der Waals surface area (Å²) in [4.78, 5) is 24.4.